The minimum Gasteiger partial charge on any atom is -0.396 e. The van der Waals surface area contributed by atoms with Gasteiger partial charge in [0.2, 0.25) is 0 Å². The third-order valence-corrected chi connectivity index (χ3v) is 3.13. The van der Waals surface area contributed by atoms with E-state index in [4.69, 9.17) is 5.73 Å². The molecule has 1 atom stereocenters. The van der Waals surface area contributed by atoms with Gasteiger partial charge in [-0.2, -0.15) is 5.10 Å². The van der Waals surface area contributed by atoms with Gasteiger partial charge in [-0.1, -0.05) is 0 Å². The summed E-state index contributed by atoms with van der Waals surface area (Å²) >= 11 is 0. The van der Waals surface area contributed by atoms with Crippen LogP contribution in [0, 0.1) is 5.92 Å². The van der Waals surface area contributed by atoms with Crippen molar-refractivity contribution in [1.29, 1.82) is 0 Å². The summed E-state index contributed by atoms with van der Waals surface area (Å²) in [6.07, 6.45) is 8.26. The number of imidazole rings is 1. The number of nitrogens with zero attached hydrogens (tertiary/aromatic N) is 4. The van der Waals surface area contributed by atoms with Crippen LogP contribution in [-0.2, 0) is 13.0 Å². The second-order valence-electron chi connectivity index (χ2n) is 4.28. The van der Waals surface area contributed by atoms with Crippen molar-refractivity contribution in [3.8, 4) is 0 Å². The summed E-state index contributed by atoms with van der Waals surface area (Å²) in [5.41, 5.74) is 6.06. The molecule has 17 heavy (non-hydrogen) atoms. The number of fused-ring (bicyclic) bond motifs is 1. The van der Waals surface area contributed by atoms with Crippen LogP contribution in [0.4, 0.5) is 5.69 Å². The molecule has 2 aromatic rings. The summed E-state index contributed by atoms with van der Waals surface area (Å²) < 4.78 is 3.42. The standard InChI is InChI=1S/C11H13N5O/c12-9-6-14-16(7-9)11(17)8-1-3-15-4-2-13-10(15)5-8/h2,4,6-8H,1,3,5,12H2. The number of carbonyl (C=O) groups excluding carboxylic acids is 1. The Hall–Kier alpha value is -2.11. The highest BCUT2D eigenvalue weighted by atomic mass is 16.2. The van der Waals surface area contributed by atoms with Crippen LogP contribution in [0.25, 0.3) is 0 Å². The van der Waals surface area contributed by atoms with E-state index in [2.05, 4.69) is 14.6 Å². The van der Waals surface area contributed by atoms with Crippen molar-refractivity contribution in [3.63, 3.8) is 0 Å². The maximum Gasteiger partial charge on any atom is 0.250 e. The largest absolute Gasteiger partial charge is 0.396 e. The molecule has 0 saturated heterocycles. The molecular formula is C11H13N5O. The zero-order chi connectivity index (χ0) is 11.8. The molecule has 1 aliphatic rings. The quantitative estimate of drug-likeness (QED) is 0.778. The van der Waals surface area contributed by atoms with Crippen molar-refractivity contribution in [2.45, 2.75) is 19.4 Å². The SMILES string of the molecule is Nc1cnn(C(=O)C2CCn3ccnc3C2)c1. The van der Waals surface area contributed by atoms with E-state index in [0.29, 0.717) is 12.1 Å². The van der Waals surface area contributed by atoms with Gasteiger partial charge in [-0.05, 0) is 6.42 Å². The Balaban J connectivity index is 1.81. The van der Waals surface area contributed by atoms with Crippen molar-refractivity contribution in [2.24, 2.45) is 5.92 Å². The Morgan fingerprint density at radius 1 is 1.53 bits per heavy atom. The van der Waals surface area contributed by atoms with Gasteiger partial charge in [0, 0.05) is 31.3 Å². The lowest BCUT2D eigenvalue weighted by Gasteiger charge is -2.21. The molecule has 6 nitrogen and oxygen atoms in total. The van der Waals surface area contributed by atoms with E-state index in [-0.39, 0.29) is 11.8 Å². The number of hydrogen-bond donors (Lipinski definition) is 1. The second-order valence-corrected chi connectivity index (χ2v) is 4.28. The molecule has 2 N–H and O–H groups in total. The average Bonchev–Trinajstić information content (AvgIpc) is 2.95. The Bertz CT molecular complexity index is 556. The third-order valence-electron chi connectivity index (χ3n) is 3.13. The summed E-state index contributed by atoms with van der Waals surface area (Å²) in [4.78, 5) is 16.4. The number of aromatic nitrogens is 4. The minimum absolute atomic E-state index is 0.00375. The number of anilines is 1. The van der Waals surface area contributed by atoms with Gasteiger partial charge in [0.25, 0.3) is 5.91 Å². The average molecular weight is 231 g/mol. The lowest BCUT2D eigenvalue weighted by Crippen LogP contribution is -2.29. The van der Waals surface area contributed by atoms with Crippen molar-refractivity contribution >= 4 is 11.6 Å². The zero-order valence-corrected chi connectivity index (χ0v) is 9.28. The first-order valence-corrected chi connectivity index (χ1v) is 5.58. The van der Waals surface area contributed by atoms with Crippen LogP contribution in [0.15, 0.2) is 24.8 Å². The fraction of sp³-hybridized carbons (Fsp3) is 0.364. The molecule has 3 heterocycles. The van der Waals surface area contributed by atoms with Gasteiger partial charge in [0.05, 0.1) is 18.1 Å². The van der Waals surface area contributed by atoms with E-state index >= 15 is 0 Å². The molecular weight excluding hydrogens is 218 g/mol. The van der Waals surface area contributed by atoms with E-state index in [1.165, 1.54) is 10.9 Å². The summed E-state index contributed by atoms with van der Waals surface area (Å²) in [5, 5.41) is 3.95. The fourth-order valence-electron chi connectivity index (χ4n) is 2.21. The molecule has 6 heteroatoms. The number of aryl methyl sites for hydroxylation is 1. The molecule has 2 aromatic heterocycles. The molecule has 0 aliphatic carbocycles. The fourth-order valence-corrected chi connectivity index (χ4v) is 2.21. The maximum atomic E-state index is 12.2. The Morgan fingerprint density at radius 3 is 3.18 bits per heavy atom. The molecule has 1 aliphatic heterocycles. The highest BCUT2D eigenvalue weighted by molar-refractivity contribution is 5.81. The molecule has 0 spiro atoms. The van der Waals surface area contributed by atoms with E-state index in [0.717, 1.165) is 18.8 Å². The summed E-state index contributed by atoms with van der Waals surface area (Å²) in [5.74, 6) is 0.912. The first-order valence-electron chi connectivity index (χ1n) is 5.58. The maximum absolute atomic E-state index is 12.2. The van der Waals surface area contributed by atoms with Crippen LogP contribution in [0.1, 0.15) is 17.0 Å². The van der Waals surface area contributed by atoms with E-state index in [1.807, 2.05) is 6.20 Å². The normalized spacial score (nSPS) is 18.9. The number of nitrogens with two attached hydrogens (primary N) is 1. The highest BCUT2D eigenvalue weighted by Crippen LogP contribution is 2.20. The van der Waals surface area contributed by atoms with Gasteiger partial charge < -0.3 is 10.3 Å². The van der Waals surface area contributed by atoms with Gasteiger partial charge in [-0.15, -0.1) is 0 Å². The first kappa shape index (κ1) is 10.1. The van der Waals surface area contributed by atoms with E-state index in [1.54, 1.807) is 12.4 Å². The monoisotopic (exact) mass is 231 g/mol. The predicted molar refractivity (Wildman–Crippen MR) is 61.3 cm³/mol. The number of hydrogen-bond acceptors (Lipinski definition) is 4. The lowest BCUT2D eigenvalue weighted by atomic mass is 9.97. The van der Waals surface area contributed by atoms with Gasteiger partial charge in [0.1, 0.15) is 5.82 Å². The Kier molecular flexibility index (Phi) is 2.21. The molecule has 0 radical (unpaired) electrons. The van der Waals surface area contributed by atoms with Crippen molar-refractivity contribution in [1.82, 2.24) is 19.3 Å². The van der Waals surface area contributed by atoms with Gasteiger partial charge in [-0.25, -0.2) is 9.67 Å². The lowest BCUT2D eigenvalue weighted by molar-refractivity contribution is 0.0793. The van der Waals surface area contributed by atoms with Crippen molar-refractivity contribution < 1.29 is 4.79 Å². The Morgan fingerprint density at radius 2 is 2.41 bits per heavy atom. The third kappa shape index (κ3) is 1.71. The predicted octanol–water partition coefficient (Wildman–Crippen LogP) is 0.565. The second kappa shape index (κ2) is 3.73. The number of rotatable bonds is 1. The van der Waals surface area contributed by atoms with Gasteiger partial charge in [-0.3, -0.25) is 4.79 Å². The molecule has 0 fully saturated rings. The molecule has 0 saturated carbocycles. The first-order chi connectivity index (χ1) is 8.24. The highest BCUT2D eigenvalue weighted by Gasteiger charge is 2.26. The summed E-state index contributed by atoms with van der Waals surface area (Å²) in [6, 6.07) is 0. The summed E-state index contributed by atoms with van der Waals surface area (Å²) in [6.45, 7) is 0.836. The Labute approximate surface area is 98.1 Å². The van der Waals surface area contributed by atoms with E-state index < -0.39 is 0 Å². The van der Waals surface area contributed by atoms with Crippen LogP contribution in [0.2, 0.25) is 0 Å². The topological polar surface area (TPSA) is 78.7 Å². The van der Waals surface area contributed by atoms with Crippen LogP contribution in [-0.4, -0.2) is 25.2 Å². The molecule has 88 valence electrons. The minimum atomic E-state index is -0.0517. The number of nitrogen functional groups attached to an aromatic ring is 1. The molecule has 0 amide bonds. The zero-order valence-electron chi connectivity index (χ0n) is 9.28. The van der Waals surface area contributed by atoms with Crippen LogP contribution in [0.3, 0.4) is 0 Å². The van der Waals surface area contributed by atoms with Crippen molar-refractivity contribution in [2.75, 3.05) is 5.73 Å². The molecule has 1 unspecified atom stereocenters. The van der Waals surface area contributed by atoms with Crippen LogP contribution in [0.5, 0.6) is 0 Å². The smallest absolute Gasteiger partial charge is 0.250 e. The van der Waals surface area contributed by atoms with Crippen LogP contribution < -0.4 is 5.73 Å². The van der Waals surface area contributed by atoms with Gasteiger partial charge >= 0.3 is 0 Å². The molecule has 3 rings (SSSR count). The van der Waals surface area contributed by atoms with E-state index in [9.17, 15) is 4.79 Å². The van der Waals surface area contributed by atoms with Crippen molar-refractivity contribution in [3.05, 3.63) is 30.6 Å². The summed E-state index contributed by atoms with van der Waals surface area (Å²) in [7, 11) is 0. The number of carbonyl (C=O) groups is 1. The molecule has 0 aromatic carbocycles. The molecule has 0 bridgehead atoms. The van der Waals surface area contributed by atoms with Gasteiger partial charge in [0.15, 0.2) is 0 Å². The van der Waals surface area contributed by atoms with Crippen LogP contribution >= 0.6 is 0 Å².